The van der Waals surface area contributed by atoms with E-state index in [1.807, 2.05) is 60.3 Å². The molecule has 3 aromatic rings. The average molecular weight is 513 g/mol. The number of hydrogen-bond donors (Lipinski definition) is 1. The Bertz CT molecular complexity index is 1100. The molecule has 0 radical (unpaired) electrons. The van der Waals surface area contributed by atoms with Gasteiger partial charge in [0.1, 0.15) is 23.8 Å². The van der Waals surface area contributed by atoms with Crippen LogP contribution >= 0.6 is 12.4 Å². The Morgan fingerprint density at radius 1 is 0.972 bits per heavy atom. The van der Waals surface area contributed by atoms with Gasteiger partial charge >= 0.3 is 0 Å². The van der Waals surface area contributed by atoms with Crippen molar-refractivity contribution in [3.8, 4) is 11.5 Å². The second kappa shape index (κ2) is 13.8. The van der Waals surface area contributed by atoms with Crippen molar-refractivity contribution < 1.29 is 14.3 Å². The lowest BCUT2D eigenvalue weighted by Gasteiger charge is -2.36. The van der Waals surface area contributed by atoms with Gasteiger partial charge in [0.25, 0.3) is 5.91 Å². The molecule has 0 bridgehead atoms. The van der Waals surface area contributed by atoms with Crippen molar-refractivity contribution in [3.05, 3.63) is 78.1 Å². The quantitative estimate of drug-likeness (QED) is 0.387. The van der Waals surface area contributed by atoms with Crippen LogP contribution < -0.4 is 19.7 Å². The number of unbranched alkanes of at least 4 members (excludes halogenated alkanes) is 1. The number of nitrogens with zero attached hydrogens (tertiary/aromatic N) is 3. The van der Waals surface area contributed by atoms with E-state index < -0.39 is 0 Å². The Kier molecular flexibility index (Phi) is 10.5. The first kappa shape index (κ1) is 27.4. The number of aryl methyl sites for hydroxylation is 1. The standard InChI is InChI=1S/C28H36N4O3.ClH/c1-30-15-8-12-26(30)28(33)29-14-5-6-16-31-17-19-32(20-18-31)25-11-3-4-13-27(25)35-22-23-9-7-10-24(21-23)34-2;/h3-4,7-13,15,21H,5-6,14,16-20,22H2,1-2H3,(H,29,33);1H. The smallest absolute Gasteiger partial charge is 0.267 e. The number of piperazine rings is 1. The second-order valence-electron chi connectivity index (χ2n) is 8.90. The molecule has 1 aliphatic heterocycles. The summed E-state index contributed by atoms with van der Waals surface area (Å²) in [5.41, 5.74) is 2.94. The Morgan fingerprint density at radius 2 is 1.78 bits per heavy atom. The van der Waals surface area contributed by atoms with Crippen LogP contribution in [0.2, 0.25) is 0 Å². The Labute approximate surface area is 220 Å². The number of rotatable bonds is 11. The molecule has 36 heavy (non-hydrogen) atoms. The lowest BCUT2D eigenvalue weighted by molar-refractivity contribution is 0.0944. The van der Waals surface area contributed by atoms with Crippen molar-refractivity contribution in [2.45, 2.75) is 19.4 Å². The predicted molar refractivity (Wildman–Crippen MR) is 147 cm³/mol. The van der Waals surface area contributed by atoms with Crippen molar-refractivity contribution in [2.75, 3.05) is 51.3 Å². The molecule has 0 unspecified atom stereocenters. The minimum absolute atomic E-state index is 0. The van der Waals surface area contributed by atoms with Crippen LogP contribution in [0.3, 0.4) is 0 Å². The number of carbonyl (C=O) groups excluding carboxylic acids is 1. The van der Waals surface area contributed by atoms with E-state index in [9.17, 15) is 4.79 Å². The molecule has 194 valence electrons. The number of carbonyl (C=O) groups is 1. The van der Waals surface area contributed by atoms with Crippen LogP contribution in [0.4, 0.5) is 5.69 Å². The largest absolute Gasteiger partial charge is 0.497 e. The number of aromatic nitrogens is 1. The molecule has 0 saturated carbocycles. The fourth-order valence-corrected chi connectivity index (χ4v) is 4.43. The number of halogens is 1. The predicted octanol–water partition coefficient (Wildman–Crippen LogP) is 4.37. The van der Waals surface area contributed by atoms with Crippen LogP contribution in [0.15, 0.2) is 66.9 Å². The zero-order valence-corrected chi connectivity index (χ0v) is 22.0. The third kappa shape index (κ3) is 7.42. The van der Waals surface area contributed by atoms with Gasteiger partial charge in [-0.25, -0.2) is 0 Å². The highest BCUT2D eigenvalue weighted by Crippen LogP contribution is 2.30. The summed E-state index contributed by atoms with van der Waals surface area (Å²) in [5.74, 6) is 1.75. The van der Waals surface area contributed by atoms with Gasteiger partial charge in [0.2, 0.25) is 0 Å². The summed E-state index contributed by atoms with van der Waals surface area (Å²) in [5, 5.41) is 3.02. The van der Waals surface area contributed by atoms with Gasteiger partial charge < -0.3 is 24.3 Å². The van der Waals surface area contributed by atoms with E-state index in [2.05, 4.69) is 33.3 Å². The SMILES string of the molecule is COc1cccc(COc2ccccc2N2CCN(CCCCNC(=O)c3cccn3C)CC2)c1.Cl. The first-order chi connectivity index (χ1) is 17.1. The Hall–Kier alpha value is -3.16. The summed E-state index contributed by atoms with van der Waals surface area (Å²) in [7, 11) is 3.57. The summed E-state index contributed by atoms with van der Waals surface area (Å²) in [6.07, 6.45) is 3.95. The van der Waals surface area contributed by atoms with Crippen LogP contribution in [0.25, 0.3) is 0 Å². The van der Waals surface area contributed by atoms with Crippen molar-refractivity contribution in [1.29, 1.82) is 0 Å². The molecule has 8 heteroatoms. The minimum atomic E-state index is -0.00148. The molecule has 1 amide bonds. The molecule has 4 rings (SSSR count). The van der Waals surface area contributed by atoms with Gasteiger partial charge in [-0.3, -0.25) is 9.69 Å². The summed E-state index contributed by atoms with van der Waals surface area (Å²) < 4.78 is 13.4. The third-order valence-corrected chi connectivity index (χ3v) is 6.47. The summed E-state index contributed by atoms with van der Waals surface area (Å²) in [6, 6.07) is 20.0. The molecule has 0 atom stereocenters. The van der Waals surface area contributed by atoms with E-state index >= 15 is 0 Å². The lowest BCUT2D eigenvalue weighted by Crippen LogP contribution is -2.46. The van der Waals surface area contributed by atoms with Gasteiger partial charge in [0, 0.05) is 46.0 Å². The van der Waals surface area contributed by atoms with Crippen molar-refractivity contribution >= 4 is 24.0 Å². The summed E-state index contributed by atoms with van der Waals surface area (Å²) >= 11 is 0. The van der Waals surface area contributed by atoms with E-state index in [0.29, 0.717) is 18.8 Å². The number of para-hydroxylation sites is 2. The molecule has 1 saturated heterocycles. The molecule has 1 fully saturated rings. The van der Waals surface area contributed by atoms with Crippen LogP contribution in [0.5, 0.6) is 11.5 Å². The molecule has 1 N–H and O–H groups in total. The first-order valence-electron chi connectivity index (χ1n) is 12.4. The number of nitrogens with one attached hydrogen (secondary N) is 1. The Morgan fingerprint density at radius 3 is 2.53 bits per heavy atom. The highest BCUT2D eigenvalue weighted by Gasteiger charge is 2.19. The van der Waals surface area contributed by atoms with Crippen LogP contribution in [0.1, 0.15) is 28.9 Å². The molecule has 1 aliphatic rings. The van der Waals surface area contributed by atoms with Crippen molar-refractivity contribution in [3.63, 3.8) is 0 Å². The molecular weight excluding hydrogens is 476 g/mol. The fraction of sp³-hybridized carbons (Fsp3) is 0.393. The highest BCUT2D eigenvalue weighted by molar-refractivity contribution is 5.92. The lowest BCUT2D eigenvalue weighted by atomic mass is 10.2. The third-order valence-electron chi connectivity index (χ3n) is 6.47. The van der Waals surface area contributed by atoms with Gasteiger partial charge in [-0.1, -0.05) is 24.3 Å². The second-order valence-corrected chi connectivity index (χ2v) is 8.90. The van der Waals surface area contributed by atoms with Crippen molar-refractivity contribution in [1.82, 2.24) is 14.8 Å². The number of ether oxygens (including phenoxy) is 2. The number of methoxy groups -OCH3 is 1. The monoisotopic (exact) mass is 512 g/mol. The first-order valence-corrected chi connectivity index (χ1v) is 12.4. The number of benzene rings is 2. The van der Waals surface area contributed by atoms with Gasteiger partial charge in [0.15, 0.2) is 0 Å². The average Bonchev–Trinajstić information content (AvgIpc) is 3.34. The zero-order valence-electron chi connectivity index (χ0n) is 21.2. The van der Waals surface area contributed by atoms with Crippen LogP contribution in [0, 0.1) is 0 Å². The van der Waals surface area contributed by atoms with Gasteiger partial charge in [-0.2, -0.15) is 0 Å². The number of anilines is 1. The fourth-order valence-electron chi connectivity index (χ4n) is 4.43. The topological polar surface area (TPSA) is 59.0 Å². The molecule has 2 aromatic carbocycles. The maximum atomic E-state index is 12.2. The van der Waals surface area contributed by atoms with Crippen molar-refractivity contribution in [2.24, 2.45) is 7.05 Å². The molecule has 7 nitrogen and oxygen atoms in total. The van der Waals surface area contributed by atoms with Gasteiger partial charge in [0.05, 0.1) is 12.8 Å². The summed E-state index contributed by atoms with van der Waals surface area (Å²) in [6.45, 7) is 6.28. The van der Waals surface area contributed by atoms with E-state index in [1.165, 1.54) is 0 Å². The summed E-state index contributed by atoms with van der Waals surface area (Å²) in [4.78, 5) is 17.1. The molecule has 2 heterocycles. The van der Waals surface area contributed by atoms with Gasteiger partial charge in [-0.05, 0) is 61.3 Å². The minimum Gasteiger partial charge on any atom is -0.497 e. The van der Waals surface area contributed by atoms with E-state index in [-0.39, 0.29) is 18.3 Å². The molecule has 0 aliphatic carbocycles. The van der Waals surface area contributed by atoms with Crippen LogP contribution in [-0.2, 0) is 13.7 Å². The zero-order chi connectivity index (χ0) is 24.5. The highest BCUT2D eigenvalue weighted by atomic mass is 35.5. The number of hydrogen-bond acceptors (Lipinski definition) is 5. The molecule has 1 aromatic heterocycles. The maximum Gasteiger partial charge on any atom is 0.267 e. The van der Waals surface area contributed by atoms with E-state index in [4.69, 9.17) is 9.47 Å². The molecule has 0 spiro atoms. The normalized spacial score (nSPS) is 13.7. The van der Waals surface area contributed by atoms with E-state index in [0.717, 1.165) is 68.3 Å². The van der Waals surface area contributed by atoms with Gasteiger partial charge in [-0.15, -0.1) is 12.4 Å². The Balaban J connectivity index is 0.00000361. The van der Waals surface area contributed by atoms with Crippen LogP contribution in [-0.4, -0.2) is 61.8 Å². The van der Waals surface area contributed by atoms with E-state index in [1.54, 1.807) is 7.11 Å². The maximum absolute atomic E-state index is 12.2. The molecular formula is C28H37ClN4O3. The number of amides is 1.